The maximum Gasteiger partial charge on any atom is 0.317 e. The molecule has 1 N–H and O–H groups in total. The molecule has 0 unspecified atom stereocenters. The lowest BCUT2D eigenvalue weighted by molar-refractivity contribution is -0.138. The van der Waals surface area contributed by atoms with Crippen LogP contribution in [-0.2, 0) is 24.2 Å². The van der Waals surface area contributed by atoms with Crippen LogP contribution < -0.4 is 0 Å². The van der Waals surface area contributed by atoms with Crippen molar-refractivity contribution in [1.82, 2.24) is 9.88 Å². The largest absolute Gasteiger partial charge is 0.480 e. The first kappa shape index (κ1) is 14.2. The van der Waals surface area contributed by atoms with E-state index in [1.807, 2.05) is 4.90 Å². The third kappa shape index (κ3) is 3.31. The number of hydrogen-bond acceptors (Lipinski definition) is 4. The van der Waals surface area contributed by atoms with Crippen molar-refractivity contribution in [3.05, 3.63) is 51.0 Å². The van der Waals surface area contributed by atoms with E-state index in [-0.39, 0.29) is 6.54 Å². The number of thiazole rings is 1. The van der Waals surface area contributed by atoms with E-state index in [1.165, 1.54) is 16.0 Å². The number of aryl methyl sites for hydroxylation is 1. The lowest BCUT2D eigenvalue weighted by atomic mass is 10.1. The molecule has 0 bridgehead atoms. The van der Waals surface area contributed by atoms with Crippen molar-refractivity contribution in [3.63, 3.8) is 0 Å². The van der Waals surface area contributed by atoms with Gasteiger partial charge in [-0.15, -0.1) is 11.3 Å². The van der Waals surface area contributed by atoms with Crippen molar-refractivity contribution in [3.8, 4) is 0 Å². The van der Waals surface area contributed by atoms with Crippen LogP contribution in [0.4, 0.5) is 0 Å². The molecule has 0 saturated heterocycles. The van der Waals surface area contributed by atoms with Gasteiger partial charge in [0.2, 0.25) is 0 Å². The van der Waals surface area contributed by atoms with Gasteiger partial charge in [0.25, 0.3) is 0 Å². The zero-order valence-corrected chi connectivity index (χ0v) is 12.8. The molecule has 1 aromatic carbocycles. The van der Waals surface area contributed by atoms with Crippen LogP contribution in [0, 0.1) is 6.92 Å². The summed E-state index contributed by atoms with van der Waals surface area (Å²) < 4.78 is 0. The predicted octanol–water partition coefficient (Wildman–Crippen LogP) is 2.49. The molecule has 0 saturated carbocycles. The summed E-state index contributed by atoms with van der Waals surface area (Å²) in [5.74, 6) is -0.761. The zero-order chi connectivity index (χ0) is 14.8. The Hall–Kier alpha value is -1.72. The number of benzene rings is 1. The first-order valence-corrected chi connectivity index (χ1v) is 7.89. The second-order valence-corrected chi connectivity index (χ2v) is 6.60. The monoisotopic (exact) mass is 302 g/mol. The Morgan fingerprint density at radius 2 is 2.24 bits per heavy atom. The molecule has 4 nitrogen and oxygen atoms in total. The highest BCUT2D eigenvalue weighted by Gasteiger charge is 2.22. The van der Waals surface area contributed by atoms with Crippen molar-refractivity contribution < 1.29 is 9.90 Å². The highest BCUT2D eigenvalue weighted by Crippen LogP contribution is 2.27. The number of fused-ring (bicyclic) bond motifs is 1. The van der Waals surface area contributed by atoms with Gasteiger partial charge in [0.1, 0.15) is 0 Å². The summed E-state index contributed by atoms with van der Waals surface area (Å²) in [6.45, 7) is 3.74. The SMILES string of the molecule is Cc1ccccc1Cc1nc2c(s1)CN(CC(=O)O)CC2. The minimum Gasteiger partial charge on any atom is -0.480 e. The lowest BCUT2D eigenvalue weighted by Gasteiger charge is -2.23. The van der Waals surface area contributed by atoms with E-state index in [2.05, 4.69) is 31.2 Å². The Bertz CT molecular complexity index is 666. The second kappa shape index (κ2) is 5.95. The fraction of sp³-hybridized carbons (Fsp3) is 0.375. The fourth-order valence-electron chi connectivity index (χ4n) is 2.68. The van der Waals surface area contributed by atoms with E-state index < -0.39 is 5.97 Å². The van der Waals surface area contributed by atoms with Crippen molar-refractivity contribution in [1.29, 1.82) is 0 Å². The van der Waals surface area contributed by atoms with Gasteiger partial charge in [0.05, 0.1) is 17.2 Å². The molecular formula is C16H18N2O2S. The molecule has 2 aromatic rings. The van der Waals surface area contributed by atoms with Gasteiger partial charge in [0.15, 0.2) is 0 Å². The molecule has 2 heterocycles. The number of aliphatic carboxylic acids is 1. The van der Waals surface area contributed by atoms with Gasteiger partial charge < -0.3 is 5.11 Å². The van der Waals surface area contributed by atoms with Crippen LogP contribution in [0.2, 0.25) is 0 Å². The third-order valence-electron chi connectivity index (χ3n) is 3.82. The van der Waals surface area contributed by atoms with Gasteiger partial charge in [-0.3, -0.25) is 9.69 Å². The molecule has 0 atom stereocenters. The van der Waals surface area contributed by atoms with Gasteiger partial charge in [-0.05, 0) is 18.1 Å². The van der Waals surface area contributed by atoms with Crippen molar-refractivity contribution in [2.75, 3.05) is 13.1 Å². The first-order chi connectivity index (χ1) is 10.1. The topological polar surface area (TPSA) is 53.4 Å². The maximum atomic E-state index is 10.8. The first-order valence-electron chi connectivity index (χ1n) is 7.08. The number of rotatable bonds is 4. The van der Waals surface area contributed by atoms with Crippen LogP contribution in [0.5, 0.6) is 0 Å². The highest BCUT2D eigenvalue weighted by molar-refractivity contribution is 7.11. The van der Waals surface area contributed by atoms with E-state index in [9.17, 15) is 4.79 Å². The summed E-state index contributed by atoms with van der Waals surface area (Å²) in [4.78, 5) is 18.8. The van der Waals surface area contributed by atoms with Crippen LogP contribution in [0.25, 0.3) is 0 Å². The van der Waals surface area contributed by atoms with E-state index in [0.717, 1.165) is 30.1 Å². The number of aromatic nitrogens is 1. The molecule has 1 aliphatic heterocycles. The summed E-state index contributed by atoms with van der Waals surface area (Å²) in [5, 5.41) is 10.0. The minimum absolute atomic E-state index is 0.116. The number of carboxylic acids is 1. The zero-order valence-electron chi connectivity index (χ0n) is 12.0. The summed E-state index contributed by atoms with van der Waals surface area (Å²) in [7, 11) is 0. The standard InChI is InChI=1S/C16H18N2O2S/c1-11-4-2-3-5-12(11)8-15-17-13-6-7-18(10-16(19)20)9-14(13)21-15/h2-5H,6-10H2,1H3,(H,19,20). The molecule has 0 spiro atoms. The third-order valence-corrected chi connectivity index (χ3v) is 4.90. The Balaban J connectivity index is 1.75. The van der Waals surface area contributed by atoms with Crippen molar-refractivity contribution in [2.24, 2.45) is 0 Å². The average Bonchev–Trinajstić information content (AvgIpc) is 2.82. The van der Waals surface area contributed by atoms with Crippen LogP contribution in [-0.4, -0.2) is 34.0 Å². The maximum absolute atomic E-state index is 10.8. The Morgan fingerprint density at radius 1 is 1.43 bits per heavy atom. The van der Waals surface area contributed by atoms with Crippen LogP contribution in [0.15, 0.2) is 24.3 Å². The minimum atomic E-state index is -0.761. The normalized spacial score (nSPS) is 14.9. The second-order valence-electron chi connectivity index (χ2n) is 5.44. The Labute approximate surface area is 128 Å². The van der Waals surface area contributed by atoms with E-state index >= 15 is 0 Å². The average molecular weight is 302 g/mol. The number of carbonyl (C=O) groups is 1. The molecule has 1 aliphatic rings. The van der Waals surface area contributed by atoms with Gasteiger partial charge in [-0.1, -0.05) is 24.3 Å². The number of carboxylic acid groups (broad SMARTS) is 1. The molecule has 0 aliphatic carbocycles. The van der Waals surface area contributed by atoms with Crippen LogP contribution in [0.3, 0.4) is 0 Å². The number of nitrogens with zero attached hydrogens (tertiary/aromatic N) is 2. The highest BCUT2D eigenvalue weighted by atomic mass is 32.1. The summed E-state index contributed by atoms with van der Waals surface area (Å²) in [5.41, 5.74) is 3.76. The molecule has 1 aromatic heterocycles. The smallest absolute Gasteiger partial charge is 0.317 e. The van der Waals surface area contributed by atoms with E-state index in [4.69, 9.17) is 10.1 Å². The molecule has 0 fully saturated rings. The van der Waals surface area contributed by atoms with Gasteiger partial charge in [-0.2, -0.15) is 0 Å². The molecule has 3 rings (SSSR count). The molecule has 21 heavy (non-hydrogen) atoms. The summed E-state index contributed by atoms with van der Waals surface area (Å²) in [6, 6.07) is 8.38. The Morgan fingerprint density at radius 3 is 3.00 bits per heavy atom. The quantitative estimate of drug-likeness (QED) is 0.943. The summed E-state index contributed by atoms with van der Waals surface area (Å²) >= 11 is 1.72. The lowest BCUT2D eigenvalue weighted by Crippen LogP contribution is -2.34. The molecule has 0 radical (unpaired) electrons. The predicted molar refractivity (Wildman–Crippen MR) is 82.7 cm³/mol. The Kier molecular flexibility index (Phi) is 4.03. The molecular weight excluding hydrogens is 284 g/mol. The van der Waals surface area contributed by atoms with E-state index in [1.54, 1.807) is 11.3 Å². The fourth-order valence-corrected chi connectivity index (χ4v) is 3.86. The van der Waals surface area contributed by atoms with Crippen molar-refractivity contribution >= 4 is 17.3 Å². The van der Waals surface area contributed by atoms with E-state index in [0.29, 0.717) is 6.54 Å². The van der Waals surface area contributed by atoms with Gasteiger partial charge in [0, 0.05) is 30.8 Å². The molecule has 110 valence electrons. The number of hydrogen-bond donors (Lipinski definition) is 1. The summed E-state index contributed by atoms with van der Waals surface area (Å²) in [6.07, 6.45) is 1.72. The van der Waals surface area contributed by atoms with Crippen LogP contribution in [0.1, 0.15) is 26.7 Å². The van der Waals surface area contributed by atoms with Crippen molar-refractivity contribution in [2.45, 2.75) is 26.3 Å². The van der Waals surface area contributed by atoms with Gasteiger partial charge in [-0.25, -0.2) is 4.98 Å². The molecule has 0 amide bonds. The molecule has 5 heteroatoms. The van der Waals surface area contributed by atoms with Gasteiger partial charge >= 0.3 is 5.97 Å². The van der Waals surface area contributed by atoms with Crippen LogP contribution >= 0.6 is 11.3 Å².